The van der Waals surface area contributed by atoms with Crippen molar-refractivity contribution in [2.75, 3.05) is 0 Å². The zero-order chi connectivity index (χ0) is 12.4. The summed E-state index contributed by atoms with van der Waals surface area (Å²) in [5.74, 6) is -1.35. The van der Waals surface area contributed by atoms with E-state index in [4.69, 9.17) is 5.11 Å². The van der Waals surface area contributed by atoms with E-state index in [2.05, 4.69) is 20.0 Å². The van der Waals surface area contributed by atoms with Crippen molar-refractivity contribution >= 4 is 17.6 Å². The average Bonchev–Trinajstić information content (AvgIpc) is 2.67. The molecule has 0 aliphatic carbocycles. The zero-order valence-electron chi connectivity index (χ0n) is 9.08. The molecule has 1 N–H and O–H groups in total. The SMILES string of the molecule is Cc1nonc1CN1N=C(C(=O)O)CCC1=O. The first-order chi connectivity index (χ1) is 8.08. The highest BCUT2D eigenvalue weighted by atomic mass is 16.6. The molecule has 90 valence electrons. The van der Waals surface area contributed by atoms with E-state index in [-0.39, 0.29) is 31.0 Å². The van der Waals surface area contributed by atoms with Gasteiger partial charge in [-0.2, -0.15) is 5.10 Å². The van der Waals surface area contributed by atoms with E-state index in [1.807, 2.05) is 0 Å². The molecule has 1 amide bonds. The fourth-order valence-corrected chi connectivity index (χ4v) is 1.41. The lowest BCUT2D eigenvalue weighted by molar-refractivity contribution is -0.133. The first-order valence-electron chi connectivity index (χ1n) is 4.97. The average molecular weight is 238 g/mol. The van der Waals surface area contributed by atoms with Crippen LogP contribution < -0.4 is 0 Å². The van der Waals surface area contributed by atoms with E-state index in [0.717, 1.165) is 5.01 Å². The Labute approximate surface area is 95.9 Å². The van der Waals surface area contributed by atoms with Gasteiger partial charge in [0.2, 0.25) is 5.91 Å². The molecule has 17 heavy (non-hydrogen) atoms. The van der Waals surface area contributed by atoms with Crippen LogP contribution in [0.1, 0.15) is 24.2 Å². The van der Waals surface area contributed by atoms with Gasteiger partial charge in [0.05, 0.1) is 6.54 Å². The largest absolute Gasteiger partial charge is 0.477 e. The van der Waals surface area contributed by atoms with Crippen molar-refractivity contribution in [2.45, 2.75) is 26.3 Å². The monoisotopic (exact) mass is 238 g/mol. The third-order valence-corrected chi connectivity index (χ3v) is 2.40. The molecule has 0 spiro atoms. The topological polar surface area (TPSA) is 109 Å². The first kappa shape index (κ1) is 11.2. The third-order valence-electron chi connectivity index (χ3n) is 2.40. The summed E-state index contributed by atoms with van der Waals surface area (Å²) in [6, 6.07) is 0. The minimum absolute atomic E-state index is 0.0290. The molecular formula is C9H10N4O4. The van der Waals surface area contributed by atoms with E-state index in [1.165, 1.54) is 0 Å². The predicted octanol–water partition coefficient (Wildman–Crippen LogP) is -0.0590. The second-order valence-electron chi connectivity index (χ2n) is 3.60. The van der Waals surface area contributed by atoms with Crippen molar-refractivity contribution in [1.29, 1.82) is 0 Å². The molecule has 0 saturated heterocycles. The number of amides is 1. The van der Waals surface area contributed by atoms with Crippen molar-refractivity contribution in [3.63, 3.8) is 0 Å². The maximum Gasteiger partial charge on any atom is 0.352 e. The number of hydrogen-bond acceptors (Lipinski definition) is 6. The molecule has 2 heterocycles. The summed E-state index contributed by atoms with van der Waals surface area (Å²) >= 11 is 0. The minimum Gasteiger partial charge on any atom is -0.477 e. The van der Waals surface area contributed by atoms with Crippen LogP contribution in [0.5, 0.6) is 0 Å². The highest BCUT2D eigenvalue weighted by molar-refractivity contribution is 6.36. The number of aromatic nitrogens is 2. The number of carbonyl (C=O) groups excluding carboxylic acids is 1. The molecule has 1 aromatic rings. The normalized spacial score (nSPS) is 15.9. The smallest absolute Gasteiger partial charge is 0.352 e. The zero-order valence-corrected chi connectivity index (χ0v) is 9.08. The van der Waals surface area contributed by atoms with Crippen molar-refractivity contribution in [1.82, 2.24) is 15.3 Å². The highest BCUT2D eigenvalue weighted by Gasteiger charge is 2.25. The van der Waals surface area contributed by atoms with Crippen LogP contribution in [0.3, 0.4) is 0 Å². The molecule has 0 saturated carbocycles. The van der Waals surface area contributed by atoms with Crippen LogP contribution in [0.25, 0.3) is 0 Å². The molecule has 2 rings (SSSR count). The number of aryl methyl sites for hydroxylation is 1. The van der Waals surface area contributed by atoms with E-state index < -0.39 is 5.97 Å². The number of hydrazone groups is 1. The summed E-state index contributed by atoms with van der Waals surface area (Å²) in [4.78, 5) is 22.3. The Morgan fingerprint density at radius 1 is 1.47 bits per heavy atom. The molecular weight excluding hydrogens is 228 g/mol. The van der Waals surface area contributed by atoms with Gasteiger partial charge in [0.25, 0.3) is 0 Å². The number of nitrogens with zero attached hydrogens (tertiary/aromatic N) is 4. The lowest BCUT2D eigenvalue weighted by atomic mass is 10.1. The second-order valence-corrected chi connectivity index (χ2v) is 3.60. The summed E-state index contributed by atoms with van der Waals surface area (Å²) in [6.45, 7) is 1.76. The molecule has 0 aromatic carbocycles. The quantitative estimate of drug-likeness (QED) is 0.790. The van der Waals surface area contributed by atoms with Crippen LogP contribution in [0.4, 0.5) is 0 Å². The molecule has 0 bridgehead atoms. The number of hydrogen-bond donors (Lipinski definition) is 1. The lowest BCUT2D eigenvalue weighted by Gasteiger charge is -2.20. The van der Waals surface area contributed by atoms with Gasteiger partial charge < -0.3 is 5.11 Å². The summed E-state index contributed by atoms with van der Waals surface area (Å²) in [6.07, 6.45) is 0.288. The molecule has 0 radical (unpaired) electrons. The Bertz CT molecular complexity index is 493. The van der Waals surface area contributed by atoms with E-state index >= 15 is 0 Å². The molecule has 8 nitrogen and oxygen atoms in total. The molecule has 1 aliphatic heterocycles. The first-order valence-corrected chi connectivity index (χ1v) is 4.97. The molecule has 1 aromatic heterocycles. The van der Waals surface area contributed by atoms with Gasteiger partial charge in [-0.15, -0.1) is 0 Å². The van der Waals surface area contributed by atoms with Gasteiger partial charge in [0.1, 0.15) is 17.1 Å². The van der Waals surface area contributed by atoms with Gasteiger partial charge in [0.15, 0.2) is 0 Å². The summed E-state index contributed by atoms with van der Waals surface area (Å²) in [7, 11) is 0. The van der Waals surface area contributed by atoms with Crippen LogP contribution in [0, 0.1) is 6.92 Å². The molecule has 1 aliphatic rings. The van der Waals surface area contributed by atoms with Crippen molar-refractivity contribution in [3.8, 4) is 0 Å². The Morgan fingerprint density at radius 2 is 2.24 bits per heavy atom. The number of carboxylic acid groups (broad SMARTS) is 1. The van der Waals surface area contributed by atoms with Gasteiger partial charge >= 0.3 is 5.97 Å². The lowest BCUT2D eigenvalue weighted by Crippen LogP contribution is -2.34. The fraction of sp³-hybridized carbons (Fsp3) is 0.444. The van der Waals surface area contributed by atoms with Crippen LogP contribution in [-0.2, 0) is 16.1 Å². The maximum absolute atomic E-state index is 11.5. The van der Waals surface area contributed by atoms with Crippen LogP contribution in [0.15, 0.2) is 9.73 Å². The summed E-state index contributed by atoms with van der Waals surface area (Å²) < 4.78 is 4.49. The Morgan fingerprint density at radius 3 is 2.82 bits per heavy atom. The highest BCUT2D eigenvalue weighted by Crippen LogP contribution is 2.13. The maximum atomic E-state index is 11.5. The fourth-order valence-electron chi connectivity index (χ4n) is 1.41. The molecule has 0 unspecified atom stereocenters. The Hall–Kier alpha value is -2.25. The van der Waals surface area contributed by atoms with E-state index in [0.29, 0.717) is 11.4 Å². The summed E-state index contributed by atoms with van der Waals surface area (Å²) in [5, 5.41) is 20.9. The van der Waals surface area contributed by atoms with Crippen LogP contribution in [0.2, 0.25) is 0 Å². The van der Waals surface area contributed by atoms with Crippen molar-refractivity contribution < 1.29 is 19.3 Å². The van der Waals surface area contributed by atoms with E-state index in [1.54, 1.807) is 6.92 Å². The predicted molar refractivity (Wildman–Crippen MR) is 53.9 cm³/mol. The van der Waals surface area contributed by atoms with Crippen molar-refractivity contribution in [2.24, 2.45) is 5.10 Å². The summed E-state index contributed by atoms with van der Waals surface area (Å²) in [5.41, 5.74) is 0.989. The molecule has 0 fully saturated rings. The molecule has 8 heteroatoms. The Balaban J connectivity index is 2.19. The van der Waals surface area contributed by atoms with Crippen LogP contribution >= 0.6 is 0 Å². The van der Waals surface area contributed by atoms with Gasteiger partial charge in [-0.3, -0.25) is 4.79 Å². The van der Waals surface area contributed by atoms with Gasteiger partial charge in [0, 0.05) is 12.8 Å². The standard InChI is InChI=1S/C9H10N4O4/c1-5-7(12-17-11-5)4-13-8(14)3-2-6(10-13)9(15)16/h2-4H2,1H3,(H,15,16). The molecule has 0 atom stereocenters. The Kier molecular flexibility index (Phi) is 2.86. The van der Waals surface area contributed by atoms with Gasteiger partial charge in [-0.25, -0.2) is 14.4 Å². The van der Waals surface area contributed by atoms with Crippen LogP contribution in [-0.4, -0.2) is 38.0 Å². The van der Waals surface area contributed by atoms with Gasteiger partial charge in [-0.05, 0) is 6.92 Å². The van der Waals surface area contributed by atoms with E-state index in [9.17, 15) is 9.59 Å². The number of carbonyl (C=O) groups is 2. The third kappa shape index (κ3) is 2.30. The second kappa shape index (κ2) is 4.32. The number of aliphatic carboxylic acids is 1. The number of rotatable bonds is 3. The minimum atomic E-state index is -1.11. The van der Waals surface area contributed by atoms with Crippen molar-refractivity contribution in [3.05, 3.63) is 11.4 Å². The number of carboxylic acids is 1. The van der Waals surface area contributed by atoms with Gasteiger partial charge in [-0.1, -0.05) is 10.3 Å².